The molecule has 0 saturated carbocycles. The minimum atomic E-state index is -2.33. The standard InChI is InChI=1S/C8H7BrFNOS/c1-13(12)7-3-2-6(9)8(10)5(7)4-11-13/h2-3H,4H2,1H3. The molecule has 0 aliphatic carbocycles. The van der Waals surface area contributed by atoms with E-state index in [1.165, 1.54) is 6.26 Å². The Balaban J connectivity index is 2.78. The molecule has 1 heterocycles. The van der Waals surface area contributed by atoms with E-state index in [4.69, 9.17) is 0 Å². The van der Waals surface area contributed by atoms with E-state index in [1.54, 1.807) is 12.1 Å². The lowest BCUT2D eigenvalue weighted by Crippen LogP contribution is -1.96. The van der Waals surface area contributed by atoms with Crippen molar-refractivity contribution in [2.24, 2.45) is 4.36 Å². The van der Waals surface area contributed by atoms with Crippen LogP contribution < -0.4 is 0 Å². The average molecular weight is 264 g/mol. The van der Waals surface area contributed by atoms with Crippen molar-refractivity contribution >= 4 is 25.7 Å². The molecule has 13 heavy (non-hydrogen) atoms. The first-order valence-corrected chi connectivity index (χ1v) is 6.39. The molecule has 1 aliphatic heterocycles. The van der Waals surface area contributed by atoms with Crippen molar-refractivity contribution in [2.75, 3.05) is 6.26 Å². The Morgan fingerprint density at radius 2 is 2.31 bits per heavy atom. The fraction of sp³-hybridized carbons (Fsp3) is 0.250. The number of benzene rings is 1. The molecule has 2 nitrogen and oxygen atoms in total. The predicted octanol–water partition coefficient (Wildman–Crippen LogP) is 2.56. The van der Waals surface area contributed by atoms with Crippen LogP contribution in [0.4, 0.5) is 4.39 Å². The molecule has 0 aromatic heterocycles. The van der Waals surface area contributed by atoms with Gasteiger partial charge in [0.15, 0.2) is 0 Å². The second-order valence-electron chi connectivity index (χ2n) is 2.93. The van der Waals surface area contributed by atoms with Crippen LogP contribution in [0.3, 0.4) is 0 Å². The minimum Gasteiger partial charge on any atom is -0.245 e. The summed E-state index contributed by atoms with van der Waals surface area (Å²) in [5, 5.41) is 0. The van der Waals surface area contributed by atoms with Crippen LogP contribution in [-0.4, -0.2) is 10.5 Å². The summed E-state index contributed by atoms with van der Waals surface area (Å²) in [4.78, 5) is 0.535. The Labute approximate surface area is 84.5 Å². The maximum Gasteiger partial charge on any atom is 0.143 e. The lowest BCUT2D eigenvalue weighted by molar-refractivity contribution is 0.600. The highest BCUT2D eigenvalue weighted by Crippen LogP contribution is 2.31. The van der Waals surface area contributed by atoms with Crippen LogP contribution in [0.1, 0.15) is 5.56 Å². The van der Waals surface area contributed by atoms with Crippen molar-refractivity contribution in [3.63, 3.8) is 0 Å². The summed E-state index contributed by atoms with van der Waals surface area (Å²) in [6.45, 7) is 0.218. The molecule has 5 heteroatoms. The first kappa shape index (κ1) is 9.15. The summed E-state index contributed by atoms with van der Waals surface area (Å²) in [5.74, 6) is -0.340. The number of fused-ring (bicyclic) bond motifs is 1. The Kier molecular flexibility index (Phi) is 1.96. The monoisotopic (exact) mass is 263 g/mol. The lowest BCUT2D eigenvalue weighted by atomic mass is 10.2. The van der Waals surface area contributed by atoms with E-state index < -0.39 is 9.73 Å². The summed E-state index contributed by atoms with van der Waals surface area (Å²) in [6, 6.07) is 3.24. The van der Waals surface area contributed by atoms with Gasteiger partial charge in [-0.15, -0.1) is 0 Å². The van der Waals surface area contributed by atoms with Crippen molar-refractivity contribution in [2.45, 2.75) is 11.4 Å². The second kappa shape index (κ2) is 2.78. The maximum absolute atomic E-state index is 13.4. The smallest absolute Gasteiger partial charge is 0.143 e. The van der Waals surface area contributed by atoms with E-state index in [2.05, 4.69) is 20.3 Å². The highest BCUT2D eigenvalue weighted by atomic mass is 79.9. The molecule has 1 atom stereocenters. The Morgan fingerprint density at radius 3 is 3.00 bits per heavy atom. The van der Waals surface area contributed by atoms with Crippen LogP contribution in [0.25, 0.3) is 0 Å². The summed E-state index contributed by atoms with van der Waals surface area (Å²) < 4.78 is 29.4. The molecule has 2 rings (SSSR count). The van der Waals surface area contributed by atoms with Crippen LogP contribution in [0.2, 0.25) is 0 Å². The first-order valence-electron chi connectivity index (χ1n) is 3.67. The third kappa shape index (κ3) is 1.30. The molecule has 0 amide bonds. The summed E-state index contributed by atoms with van der Waals surface area (Å²) >= 11 is 3.08. The molecule has 0 bridgehead atoms. The molecular weight excluding hydrogens is 257 g/mol. The third-order valence-corrected chi connectivity index (χ3v) is 4.46. The number of hydrogen-bond donors (Lipinski definition) is 0. The van der Waals surface area contributed by atoms with Crippen LogP contribution >= 0.6 is 15.9 Å². The van der Waals surface area contributed by atoms with Gasteiger partial charge in [0.1, 0.15) is 5.82 Å². The molecule has 0 radical (unpaired) electrons. The highest BCUT2D eigenvalue weighted by Gasteiger charge is 2.22. The molecule has 1 aliphatic rings. The largest absolute Gasteiger partial charge is 0.245 e. The van der Waals surface area contributed by atoms with E-state index in [1.807, 2.05) is 0 Å². The zero-order valence-corrected chi connectivity index (χ0v) is 9.28. The summed E-state index contributed by atoms with van der Waals surface area (Å²) in [6.07, 6.45) is 1.53. The van der Waals surface area contributed by atoms with Gasteiger partial charge >= 0.3 is 0 Å². The van der Waals surface area contributed by atoms with Crippen molar-refractivity contribution < 1.29 is 8.60 Å². The minimum absolute atomic E-state index is 0.218. The Bertz CT molecular complexity index is 491. The van der Waals surface area contributed by atoms with Gasteiger partial charge in [-0.1, -0.05) is 0 Å². The zero-order valence-electron chi connectivity index (χ0n) is 6.88. The predicted molar refractivity (Wildman–Crippen MR) is 52.6 cm³/mol. The van der Waals surface area contributed by atoms with Gasteiger partial charge < -0.3 is 0 Å². The molecular formula is C8H7BrFNOS. The number of rotatable bonds is 0. The van der Waals surface area contributed by atoms with Crippen molar-refractivity contribution in [1.82, 2.24) is 0 Å². The Morgan fingerprint density at radius 1 is 1.62 bits per heavy atom. The fourth-order valence-corrected chi connectivity index (χ4v) is 3.15. The number of hydrogen-bond acceptors (Lipinski definition) is 2. The molecule has 0 N–H and O–H groups in total. The quantitative estimate of drug-likeness (QED) is 0.708. The fourth-order valence-electron chi connectivity index (χ4n) is 1.33. The number of nitrogens with zero attached hydrogens (tertiary/aromatic N) is 1. The van der Waals surface area contributed by atoms with E-state index >= 15 is 0 Å². The van der Waals surface area contributed by atoms with E-state index in [-0.39, 0.29) is 12.4 Å². The van der Waals surface area contributed by atoms with Crippen LogP contribution in [0, 0.1) is 5.82 Å². The molecule has 1 aromatic rings. The SMILES string of the molecule is CS1(=O)=NCc2c1ccc(Br)c2F. The van der Waals surface area contributed by atoms with E-state index in [0.717, 1.165) is 0 Å². The van der Waals surface area contributed by atoms with Crippen molar-refractivity contribution in [3.05, 3.63) is 28.0 Å². The van der Waals surface area contributed by atoms with E-state index in [9.17, 15) is 8.60 Å². The average Bonchev–Trinajstić information content (AvgIpc) is 2.35. The van der Waals surface area contributed by atoms with Gasteiger partial charge in [0, 0.05) is 11.8 Å². The summed E-state index contributed by atoms with van der Waals surface area (Å²) in [7, 11) is -2.33. The molecule has 1 unspecified atom stereocenters. The molecule has 0 spiro atoms. The van der Waals surface area contributed by atoms with Gasteiger partial charge in [-0.2, -0.15) is 0 Å². The second-order valence-corrected chi connectivity index (χ2v) is 6.09. The topological polar surface area (TPSA) is 29.4 Å². The van der Waals surface area contributed by atoms with Crippen molar-refractivity contribution in [1.29, 1.82) is 0 Å². The van der Waals surface area contributed by atoms with Crippen LogP contribution in [0.15, 0.2) is 25.9 Å². The zero-order chi connectivity index (χ0) is 9.64. The summed E-state index contributed by atoms with van der Waals surface area (Å²) in [5.41, 5.74) is 0.460. The van der Waals surface area contributed by atoms with Crippen LogP contribution in [-0.2, 0) is 16.3 Å². The van der Waals surface area contributed by atoms with Crippen LogP contribution in [0.5, 0.6) is 0 Å². The normalized spacial score (nSPS) is 25.5. The van der Waals surface area contributed by atoms with Gasteiger partial charge in [0.2, 0.25) is 0 Å². The highest BCUT2D eigenvalue weighted by molar-refractivity contribution is 9.10. The molecule has 70 valence electrons. The first-order chi connectivity index (χ1) is 6.02. The molecule has 0 saturated heterocycles. The Hall–Kier alpha value is -0.420. The maximum atomic E-state index is 13.4. The van der Waals surface area contributed by atoms with Gasteiger partial charge in [0.25, 0.3) is 0 Å². The van der Waals surface area contributed by atoms with Gasteiger partial charge in [-0.05, 0) is 28.1 Å². The van der Waals surface area contributed by atoms with Gasteiger partial charge in [-0.25, -0.2) is 13.0 Å². The molecule has 0 fully saturated rings. The van der Waals surface area contributed by atoms with E-state index in [0.29, 0.717) is 14.9 Å². The number of halogens is 2. The third-order valence-electron chi connectivity index (χ3n) is 2.03. The van der Waals surface area contributed by atoms with Gasteiger partial charge in [-0.3, -0.25) is 0 Å². The molecule has 1 aromatic carbocycles. The van der Waals surface area contributed by atoms with Crippen molar-refractivity contribution in [3.8, 4) is 0 Å². The lowest BCUT2D eigenvalue weighted by Gasteiger charge is -2.02. The van der Waals surface area contributed by atoms with Gasteiger partial charge in [0.05, 0.1) is 25.6 Å².